The van der Waals surface area contributed by atoms with E-state index in [9.17, 15) is 8.42 Å². The minimum absolute atomic E-state index is 0.202. The Bertz CT molecular complexity index is 747. The lowest BCUT2D eigenvalue weighted by Crippen LogP contribution is -2.27. The smallest absolute Gasteiger partial charge is 0.262 e. The lowest BCUT2D eigenvalue weighted by atomic mass is 10.2. The van der Waals surface area contributed by atoms with Crippen LogP contribution in [-0.4, -0.2) is 28.1 Å². The van der Waals surface area contributed by atoms with Gasteiger partial charge in [-0.25, -0.2) is 8.42 Å². The molecule has 0 fully saturated rings. The van der Waals surface area contributed by atoms with Crippen molar-refractivity contribution in [1.29, 1.82) is 0 Å². The van der Waals surface area contributed by atoms with Gasteiger partial charge in [-0.1, -0.05) is 41.3 Å². The number of nitrogens with zero attached hydrogens (tertiary/aromatic N) is 1. The summed E-state index contributed by atoms with van der Waals surface area (Å²) >= 11 is 0. The first-order chi connectivity index (χ1) is 11.2. The van der Waals surface area contributed by atoms with E-state index in [0.717, 1.165) is 25.9 Å². The van der Waals surface area contributed by atoms with Crippen LogP contribution >= 0.6 is 0 Å². The molecule has 23 heavy (non-hydrogen) atoms. The van der Waals surface area contributed by atoms with Gasteiger partial charge in [0.25, 0.3) is 10.0 Å². The first-order valence-electron chi connectivity index (χ1n) is 7.68. The average Bonchev–Trinajstić information content (AvgIpc) is 2.99. The molecule has 0 amide bonds. The SMILES string of the molecule is O=S(=O)(NOCCCN1CCc2ccccc21)c1ccccc1. The fourth-order valence-corrected chi connectivity index (χ4v) is 3.58. The van der Waals surface area contributed by atoms with Crippen LogP contribution in [0.3, 0.4) is 0 Å². The molecule has 0 aliphatic carbocycles. The Balaban J connectivity index is 1.43. The van der Waals surface area contributed by atoms with Gasteiger partial charge in [0.2, 0.25) is 0 Å². The van der Waals surface area contributed by atoms with Crippen LogP contribution in [0.2, 0.25) is 0 Å². The predicted molar refractivity (Wildman–Crippen MR) is 89.7 cm³/mol. The summed E-state index contributed by atoms with van der Waals surface area (Å²) in [5.41, 5.74) is 2.65. The zero-order chi connectivity index (χ0) is 16.1. The highest BCUT2D eigenvalue weighted by Gasteiger charge is 2.17. The van der Waals surface area contributed by atoms with Gasteiger partial charge in [0.05, 0.1) is 11.5 Å². The van der Waals surface area contributed by atoms with Gasteiger partial charge in [-0.15, -0.1) is 0 Å². The van der Waals surface area contributed by atoms with Gasteiger partial charge in [-0.2, -0.15) is 0 Å². The molecule has 0 spiro atoms. The zero-order valence-electron chi connectivity index (χ0n) is 12.8. The number of benzene rings is 2. The first kappa shape index (κ1) is 16.0. The Kier molecular flexibility index (Phi) is 4.95. The monoisotopic (exact) mass is 332 g/mol. The summed E-state index contributed by atoms with van der Waals surface area (Å²) < 4.78 is 23.9. The van der Waals surface area contributed by atoms with Crippen molar-refractivity contribution in [3.8, 4) is 0 Å². The molecule has 122 valence electrons. The molecule has 0 saturated heterocycles. The van der Waals surface area contributed by atoms with Crippen LogP contribution in [-0.2, 0) is 21.3 Å². The molecule has 5 nitrogen and oxygen atoms in total. The minimum Gasteiger partial charge on any atom is -0.371 e. The summed E-state index contributed by atoms with van der Waals surface area (Å²) in [4.78, 5) is 9.82. The third-order valence-corrected chi connectivity index (χ3v) is 5.11. The third-order valence-electron chi connectivity index (χ3n) is 3.88. The Morgan fingerprint density at radius 1 is 1.04 bits per heavy atom. The van der Waals surface area contributed by atoms with Crippen LogP contribution < -0.4 is 9.79 Å². The summed E-state index contributed by atoms with van der Waals surface area (Å²) in [6.07, 6.45) is 1.82. The number of nitrogens with one attached hydrogen (secondary N) is 1. The topological polar surface area (TPSA) is 58.6 Å². The fraction of sp³-hybridized carbons (Fsp3) is 0.294. The van der Waals surface area contributed by atoms with Crippen molar-refractivity contribution < 1.29 is 13.3 Å². The summed E-state index contributed by atoms with van der Waals surface area (Å²) in [6, 6.07) is 16.6. The van der Waals surface area contributed by atoms with Crippen LogP contribution in [0.1, 0.15) is 12.0 Å². The summed E-state index contributed by atoms with van der Waals surface area (Å²) in [5, 5.41) is 0. The number of rotatable bonds is 7. The van der Waals surface area contributed by atoms with Crippen LogP contribution in [0.5, 0.6) is 0 Å². The van der Waals surface area contributed by atoms with Gasteiger partial charge in [0, 0.05) is 18.8 Å². The molecule has 0 bridgehead atoms. The van der Waals surface area contributed by atoms with Gasteiger partial charge in [-0.05, 0) is 36.6 Å². The van der Waals surface area contributed by atoms with E-state index in [1.165, 1.54) is 23.4 Å². The number of fused-ring (bicyclic) bond motifs is 1. The second-order valence-corrected chi connectivity index (χ2v) is 7.11. The maximum atomic E-state index is 12.0. The molecule has 2 aromatic rings. The van der Waals surface area contributed by atoms with E-state index in [-0.39, 0.29) is 4.90 Å². The number of hydrogen-bond acceptors (Lipinski definition) is 4. The van der Waals surface area contributed by atoms with Gasteiger partial charge < -0.3 is 4.90 Å². The normalized spacial score (nSPS) is 14.0. The Labute approximate surface area is 136 Å². The highest BCUT2D eigenvalue weighted by atomic mass is 32.2. The van der Waals surface area contributed by atoms with E-state index in [2.05, 4.69) is 28.0 Å². The Hall–Kier alpha value is -1.89. The molecule has 0 saturated carbocycles. The van der Waals surface area contributed by atoms with Crippen LogP contribution in [0.15, 0.2) is 59.5 Å². The van der Waals surface area contributed by atoms with Crippen molar-refractivity contribution in [2.75, 3.05) is 24.6 Å². The minimum atomic E-state index is -3.59. The number of anilines is 1. The molecule has 1 aliphatic heterocycles. The van der Waals surface area contributed by atoms with E-state index in [1.54, 1.807) is 18.2 Å². The van der Waals surface area contributed by atoms with Gasteiger partial charge >= 0.3 is 0 Å². The van der Waals surface area contributed by atoms with Crippen molar-refractivity contribution in [2.24, 2.45) is 0 Å². The molecule has 1 N–H and O–H groups in total. The molecule has 0 radical (unpaired) electrons. The van der Waals surface area contributed by atoms with Crippen molar-refractivity contribution in [2.45, 2.75) is 17.7 Å². The van der Waals surface area contributed by atoms with E-state index < -0.39 is 10.0 Å². The molecule has 0 aromatic heterocycles. The van der Waals surface area contributed by atoms with Crippen molar-refractivity contribution >= 4 is 15.7 Å². The van der Waals surface area contributed by atoms with Gasteiger partial charge in [-0.3, -0.25) is 4.84 Å². The molecule has 2 aromatic carbocycles. The molecule has 0 unspecified atom stereocenters. The molecular formula is C17H20N2O3S. The van der Waals surface area contributed by atoms with Crippen LogP contribution in [0, 0.1) is 0 Å². The lowest BCUT2D eigenvalue weighted by Gasteiger charge is -2.19. The zero-order valence-corrected chi connectivity index (χ0v) is 13.6. The quantitative estimate of drug-likeness (QED) is 0.625. The molecule has 3 rings (SSSR count). The van der Waals surface area contributed by atoms with E-state index in [1.807, 2.05) is 6.07 Å². The molecule has 6 heteroatoms. The third kappa shape index (κ3) is 3.90. The number of sulfonamides is 1. The average molecular weight is 332 g/mol. The summed E-state index contributed by atoms with van der Waals surface area (Å²) in [6.45, 7) is 2.20. The van der Waals surface area contributed by atoms with E-state index in [0.29, 0.717) is 6.61 Å². The fourth-order valence-electron chi connectivity index (χ4n) is 2.73. The lowest BCUT2D eigenvalue weighted by molar-refractivity contribution is 0.0922. The number of para-hydroxylation sites is 1. The molecule has 0 atom stereocenters. The molecule has 1 heterocycles. The first-order valence-corrected chi connectivity index (χ1v) is 9.17. The maximum Gasteiger partial charge on any atom is 0.262 e. The largest absolute Gasteiger partial charge is 0.371 e. The van der Waals surface area contributed by atoms with E-state index >= 15 is 0 Å². The Morgan fingerprint density at radius 2 is 1.78 bits per heavy atom. The standard InChI is InChI=1S/C17H20N2O3S/c20-23(21,16-8-2-1-3-9-16)18-22-14-6-12-19-13-11-15-7-4-5-10-17(15)19/h1-5,7-10,18H,6,11-14H2. The van der Waals surface area contributed by atoms with Crippen molar-refractivity contribution in [3.63, 3.8) is 0 Å². The van der Waals surface area contributed by atoms with Gasteiger partial charge in [0.15, 0.2) is 0 Å². The van der Waals surface area contributed by atoms with Crippen LogP contribution in [0.25, 0.3) is 0 Å². The Morgan fingerprint density at radius 3 is 2.61 bits per heavy atom. The summed E-state index contributed by atoms with van der Waals surface area (Å²) in [5.74, 6) is 0. The highest BCUT2D eigenvalue weighted by molar-refractivity contribution is 7.89. The summed E-state index contributed by atoms with van der Waals surface area (Å²) in [7, 11) is -3.59. The maximum absolute atomic E-state index is 12.0. The van der Waals surface area contributed by atoms with Crippen molar-refractivity contribution in [1.82, 2.24) is 4.89 Å². The van der Waals surface area contributed by atoms with Crippen molar-refractivity contribution in [3.05, 3.63) is 60.2 Å². The second-order valence-electron chi connectivity index (χ2n) is 5.47. The second kappa shape index (κ2) is 7.12. The highest BCUT2D eigenvalue weighted by Crippen LogP contribution is 2.27. The molecule has 1 aliphatic rings. The molecular weight excluding hydrogens is 312 g/mol. The number of hydrogen-bond donors (Lipinski definition) is 1. The predicted octanol–water partition coefficient (Wildman–Crippen LogP) is 2.35. The van der Waals surface area contributed by atoms with Gasteiger partial charge in [0.1, 0.15) is 0 Å². The van der Waals surface area contributed by atoms with Crippen LogP contribution in [0.4, 0.5) is 5.69 Å². The van der Waals surface area contributed by atoms with E-state index in [4.69, 9.17) is 4.84 Å².